The maximum atomic E-state index is 12.3. The van der Waals surface area contributed by atoms with Crippen molar-refractivity contribution < 1.29 is 18.0 Å². The normalized spacial score (nSPS) is 16.2. The summed E-state index contributed by atoms with van der Waals surface area (Å²) in [6.07, 6.45) is 4.10. The van der Waals surface area contributed by atoms with Gasteiger partial charge in [0.2, 0.25) is 15.9 Å². The van der Waals surface area contributed by atoms with Crippen molar-refractivity contribution in [3.05, 3.63) is 48.0 Å². The van der Waals surface area contributed by atoms with Crippen LogP contribution < -0.4 is 10.0 Å². The predicted octanol–water partition coefficient (Wildman–Crippen LogP) is 1.73. The Balaban J connectivity index is 1.81. The third-order valence-electron chi connectivity index (χ3n) is 4.09. The molecule has 1 aromatic rings. The molecule has 0 unspecified atom stereocenters. The van der Waals surface area contributed by atoms with E-state index in [9.17, 15) is 18.0 Å². The molecule has 7 nitrogen and oxygen atoms in total. The number of urea groups is 1. The minimum Gasteiger partial charge on any atom is -0.320 e. The fraction of sp³-hybridized carbons (Fsp3) is 0.444. The van der Waals surface area contributed by atoms with E-state index in [4.69, 9.17) is 0 Å². The Kier molecular flexibility index (Phi) is 6.55. The van der Waals surface area contributed by atoms with Crippen molar-refractivity contribution in [3.8, 4) is 0 Å². The van der Waals surface area contributed by atoms with Crippen molar-refractivity contribution in [2.75, 3.05) is 18.8 Å². The van der Waals surface area contributed by atoms with Crippen molar-refractivity contribution >= 4 is 22.0 Å². The Labute approximate surface area is 154 Å². The summed E-state index contributed by atoms with van der Waals surface area (Å²) >= 11 is 0. The Hall–Kier alpha value is -2.19. The van der Waals surface area contributed by atoms with Gasteiger partial charge in [0.05, 0.1) is 11.3 Å². The molecule has 1 aliphatic heterocycles. The van der Waals surface area contributed by atoms with Crippen LogP contribution in [0.2, 0.25) is 0 Å². The molecule has 8 heteroatoms. The number of hydrogen-bond donors (Lipinski definition) is 2. The van der Waals surface area contributed by atoms with Gasteiger partial charge < -0.3 is 4.90 Å². The minimum atomic E-state index is -3.45. The molecule has 0 aliphatic carbocycles. The van der Waals surface area contributed by atoms with E-state index in [2.05, 4.69) is 10.0 Å². The molecular weight excluding hydrogens is 354 g/mol. The van der Waals surface area contributed by atoms with E-state index >= 15 is 0 Å². The zero-order valence-corrected chi connectivity index (χ0v) is 15.9. The number of nitrogens with one attached hydrogen (secondary N) is 2. The fourth-order valence-electron chi connectivity index (χ4n) is 2.67. The van der Waals surface area contributed by atoms with Gasteiger partial charge in [-0.15, -0.1) is 0 Å². The van der Waals surface area contributed by atoms with Gasteiger partial charge >= 0.3 is 6.03 Å². The number of imide groups is 1. The van der Waals surface area contributed by atoms with Crippen LogP contribution in [0.15, 0.2) is 42.5 Å². The first-order chi connectivity index (χ1) is 12.2. The topological polar surface area (TPSA) is 95.6 Å². The van der Waals surface area contributed by atoms with E-state index in [0.29, 0.717) is 19.5 Å². The van der Waals surface area contributed by atoms with E-state index in [-0.39, 0.29) is 18.1 Å². The molecule has 1 aromatic carbocycles. The largest absolute Gasteiger partial charge is 0.324 e. The maximum Gasteiger partial charge on any atom is 0.324 e. The second-order valence-corrected chi connectivity index (χ2v) is 8.56. The number of nitrogens with zero attached hydrogens (tertiary/aromatic N) is 1. The van der Waals surface area contributed by atoms with Crippen LogP contribution in [-0.4, -0.2) is 44.1 Å². The third-order valence-corrected chi connectivity index (χ3v) is 5.69. The highest BCUT2D eigenvalue weighted by Gasteiger charge is 2.26. The highest BCUT2D eigenvalue weighted by Crippen LogP contribution is 2.20. The van der Waals surface area contributed by atoms with Crippen LogP contribution in [0, 0.1) is 0 Å². The van der Waals surface area contributed by atoms with Crippen molar-refractivity contribution in [1.29, 1.82) is 0 Å². The number of allylic oxidation sites excluding steroid dienone is 1. The van der Waals surface area contributed by atoms with Crippen LogP contribution >= 0.6 is 0 Å². The molecular formula is C18H25N3O4S. The van der Waals surface area contributed by atoms with Crippen molar-refractivity contribution in [3.63, 3.8) is 0 Å². The van der Waals surface area contributed by atoms with E-state index in [1.807, 2.05) is 44.2 Å². The summed E-state index contributed by atoms with van der Waals surface area (Å²) in [5.41, 5.74) is 0.201. The molecule has 3 amide bonds. The first kappa shape index (κ1) is 20.1. The van der Waals surface area contributed by atoms with Crippen molar-refractivity contribution in [2.24, 2.45) is 0 Å². The molecule has 142 valence electrons. The summed E-state index contributed by atoms with van der Waals surface area (Å²) in [6.45, 7) is 4.38. The Bertz CT molecular complexity index is 773. The Morgan fingerprint density at radius 3 is 2.54 bits per heavy atom. The molecule has 0 radical (unpaired) electrons. The summed E-state index contributed by atoms with van der Waals surface area (Å²) in [4.78, 5) is 24.1. The SMILES string of the molecule is CC(C)(NS(=O)(=O)CC/C=C/CN1CCC(=O)NC1=O)c1ccccc1. The molecule has 0 bridgehead atoms. The number of rotatable bonds is 8. The predicted molar refractivity (Wildman–Crippen MR) is 99.9 cm³/mol. The van der Waals surface area contributed by atoms with Gasteiger partial charge in [-0.3, -0.25) is 10.1 Å². The molecule has 1 heterocycles. The second kappa shape index (κ2) is 8.46. The quantitative estimate of drug-likeness (QED) is 0.673. The van der Waals surface area contributed by atoms with E-state index in [1.54, 1.807) is 12.2 Å². The lowest BCUT2D eigenvalue weighted by Crippen LogP contribution is -2.49. The van der Waals surface area contributed by atoms with Gasteiger partial charge in [-0.2, -0.15) is 0 Å². The first-order valence-corrected chi connectivity index (χ1v) is 10.2. The highest BCUT2D eigenvalue weighted by atomic mass is 32.2. The molecule has 0 aromatic heterocycles. The van der Waals surface area contributed by atoms with E-state index in [0.717, 1.165) is 5.56 Å². The van der Waals surface area contributed by atoms with Crippen LogP contribution in [0.25, 0.3) is 0 Å². The average molecular weight is 379 g/mol. The molecule has 1 saturated heterocycles. The highest BCUT2D eigenvalue weighted by molar-refractivity contribution is 7.89. The van der Waals surface area contributed by atoms with Crippen molar-refractivity contribution in [2.45, 2.75) is 32.2 Å². The lowest BCUT2D eigenvalue weighted by atomic mass is 9.96. The summed E-state index contributed by atoms with van der Waals surface area (Å²) in [5, 5.41) is 2.24. The number of sulfonamides is 1. The van der Waals surface area contributed by atoms with E-state index in [1.165, 1.54) is 4.90 Å². The van der Waals surface area contributed by atoms with Gasteiger partial charge in [0.15, 0.2) is 0 Å². The summed E-state index contributed by atoms with van der Waals surface area (Å²) in [5.74, 6) is -0.307. The minimum absolute atomic E-state index is 0.0373. The third kappa shape index (κ3) is 5.96. The summed E-state index contributed by atoms with van der Waals surface area (Å²) in [7, 11) is -3.45. The molecule has 1 aliphatic rings. The van der Waals surface area contributed by atoms with Crippen molar-refractivity contribution in [1.82, 2.24) is 14.9 Å². The monoisotopic (exact) mass is 379 g/mol. The zero-order valence-electron chi connectivity index (χ0n) is 15.1. The Morgan fingerprint density at radius 1 is 1.19 bits per heavy atom. The van der Waals surface area contributed by atoms with Gasteiger partial charge in [-0.05, 0) is 25.8 Å². The maximum absolute atomic E-state index is 12.3. The number of amides is 3. The Morgan fingerprint density at radius 2 is 1.88 bits per heavy atom. The molecule has 0 saturated carbocycles. The lowest BCUT2D eigenvalue weighted by molar-refractivity contribution is -0.121. The number of hydrogen-bond acceptors (Lipinski definition) is 4. The van der Waals surface area contributed by atoms with Gasteiger partial charge in [0.25, 0.3) is 0 Å². The van der Waals surface area contributed by atoms with Crippen LogP contribution in [0.5, 0.6) is 0 Å². The number of carbonyl (C=O) groups is 2. The molecule has 2 N–H and O–H groups in total. The van der Waals surface area contributed by atoms with Gasteiger partial charge in [0.1, 0.15) is 0 Å². The molecule has 0 atom stereocenters. The van der Waals surface area contributed by atoms with Gasteiger partial charge in [-0.25, -0.2) is 17.9 Å². The number of carbonyl (C=O) groups excluding carboxylic acids is 2. The van der Waals surface area contributed by atoms with Crippen LogP contribution in [0.3, 0.4) is 0 Å². The first-order valence-electron chi connectivity index (χ1n) is 8.50. The molecule has 0 spiro atoms. The summed E-state index contributed by atoms with van der Waals surface area (Å²) in [6, 6.07) is 8.99. The number of benzene rings is 1. The van der Waals surface area contributed by atoms with Gasteiger partial charge in [0, 0.05) is 19.5 Å². The molecule has 2 rings (SSSR count). The standard InChI is InChI=1S/C18H25N3O4S/c1-18(2,15-9-5-3-6-10-15)20-26(24,25)14-8-4-7-12-21-13-11-16(22)19-17(21)23/h3-7,9-10,20H,8,11-14H2,1-2H3,(H,19,22,23)/b7-4+. The van der Waals surface area contributed by atoms with Gasteiger partial charge in [-0.1, -0.05) is 42.5 Å². The van der Waals surface area contributed by atoms with Crippen LogP contribution in [0.4, 0.5) is 4.79 Å². The molecule has 26 heavy (non-hydrogen) atoms. The molecule has 1 fully saturated rings. The zero-order chi connectivity index (χ0) is 19.2. The second-order valence-electron chi connectivity index (χ2n) is 6.72. The van der Waals surface area contributed by atoms with Crippen LogP contribution in [-0.2, 0) is 20.4 Å². The smallest absolute Gasteiger partial charge is 0.320 e. The van der Waals surface area contributed by atoms with Crippen LogP contribution in [0.1, 0.15) is 32.3 Å². The average Bonchev–Trinajstić information content (AvgIpc) is 2.56. The summed E-state index contributed by atoms with van der Waals surface area (Å²) < 4.78 is 27.4. The lowest BCUT2D eigenvalue weighted by Gasteiger charge is -2.26. The fourth-order valence-corrected chi connectivity index (χ4v) is 4.11. The van der Waals surface area contributed by atoms with E-state index < -0.39 is 21.6 Å².